The fraction of sp³-hybridized carbons (Fsp3) is 0.375. The van der Waals surface area contributed by atoms with Gasteiger partial charge < -0.3 is 5.73 Å². The quantitative estimate of drug-likeness (QED) is 0.547. The van der Waals surface area contributed by atoms with Crippen LogP contribution >= 0.6 is 11.8 Å². The molecule has 0 aliphatic carbocycles. The average Bonchev–Trinajstić information content (AvgIpc) is 2.07. The summed E-state index contributed by atoms with van der Waals surface area (Å²) in [7, 11) is 0. The molecule has 3 heteroatoms. The molecular formula is C8H12N2S. The molecule has 0 saturated heterocycles. The molecule has 2 nitrogen and oxygen atoms in total. The maximum Gasteiger partial charge on any atom is 0.0959 e. The molecule has 1 heterocycles. The van der Waals surface area contributed by atoms with E-state index in [0.29, 0.717) is 0 Å². The standard InChI is InChI=1S/C8H12N2S/c9-5-3-7-11-8-4-1-2-6-10-8/h1-2,4,6H,3,5,7,9H2. The topological polar surface area (TPSA) is 38.9 Å². The van der Waals surface area contributed by atoms with Crippen molar-refractivity contribution in [2.45, 2.75) is 11.4 Å². The fourth-order valence-electron chi connectivity index (χ4n) is 0.693. The van der Waals surface area contributed by atoms with Gasteiger partial charge in [-0.05, 0) is 25.1 Å². The zero-order valence-electron chi connectivity index (χ0n) is 6.36. The van der Waals surface area contributed by atoms with Gasteiger partial charge in [-0.25, -0.2) is 4.98 Å². The van der Waals surface area contributed by atoms with Crippen LogP contribution in [0.2, 0.25) is 0 Å². The van der Waals surface area contributed by atoms with Crippen molar-refractivity contribution in [1.29, 1.82) is 0 Å². The van der Waals surface area contributed by atoms with Gasteiger partial charge in [-0.15, -0.1) is 11.8 Å². The maximum atomic E-state index is 5.36. The SMILES string of the molecule is NCCCSc1ccccn1. The van der Waals surface area contributed by atoms with Gasteiger partial charge in [0.1, 0.15) is 0 Å². The molecular weight excluding hydrogens is 156 g/mol. The molecule has 0 bridgehead atoms. The lowest BCUT2D eigenvalue weighted by Crippen LogP contribution is -1.99. The first-order valence-electron chi connectivity index (χ1n) is 3.67. The molecule has 60 valence electrons. The molecule has 11 heavy (non-hydrogen) atoms. The normalized spacial score (nSPS) is 9.91. The van der Waals surface area contributed by atoms with Crippen LogP contribution in [-0.2, 0) is 0 Å². The first-order valence-corrected chi connectivity index (χ1v) is 4.66. The Labute approximate surface area is 71.2 Å². The molecule has 1 rings (SSSR count). The van der Waals surface area contributed by atoms with E-state index in [-0.39, 0.29) is 0 Å². The molecule has 0 atom stereocenters. The summed E-state index contributed by atoms with van der Waals surface area (Å²) in [5, 5.41) is 1.08. The van der Waals surface area contributed by atoms with Crippen LogP contribution in [0.15, 0.2) is 29.4 Å². The molecule has 0 aliphatic heterocycles. The van der Waals surface area contributed by atoms with Crippen LogP contribution in [0.3, 0.4) is 0 Å². The van der Waals surface area contributed by atoms with Crippen molar-refractivity contribution in [1.82, 2.24) is 4.98 Å². The minimum absolute atomic E-state index is 0.764. The number of nitrogens with zero attached hydrogens (tertiary/aromatic N) is 1. The Morgan fingerprint density at radius 3 is 3.00 bits per heavy atom. The Bertz CT molecular complexity index is 189. The molecule has 0 aromatic carbocycles. The highest BCUT2D eigenvalue weighted by Gasteiger charge is 1.91. The minimum Gasteiger partial charge on any atom is -0.330 e. The zero-order valence-corrected chi connectivity index (χ0v) is 7.18. The highest BCUT2D eigenvalue weighted by Crippen LogP contribution is 2.13. The first-order chi connectivity index (χ1) is 5.43. The van der Waals surface area contributed by atoms with Crippen LogP contribution in [-0.4, -0.2) is 17.3 Å². The number of hydrogen-bond acceptors (Lipinski definition) is 3. The smallest absolute Gasteiger partial charge is 0.0959 e. The summed E-state index contributed by atoms with van der Waals surface area (Å²) in [5.74, 6) is 1.06. The van der Waals surface area contributed by atoms with E-state index in [2.05, 4.69) is 4.98 Å². The van der Waals surface area contributed by atoms with Crippen molar-refractivity contribution in [2.75, 3.05) is 12.3 Å². The van der Waals surface area contributed by atoms with E-state index < -0.39 is 0 Å². The van der Waals surface area contributed by atoms with Crippen LogP contribution in [0.25, 0.3) is 0 Å². The van der Waals surface area contributed by atoms with Gasteiger partial charge in [-0.2, -0.15) is 0 Å². The summed E-state index contributed by atoms with van der Waals surface area (Å²) in [6.07, 6.45) is 2.87. The van der Waals surface area contributed by atoms with E-state index in [4.69, 9.17) is 5.73 Å². The van der Waals surface area contributed by atoms with Crippen molar-refractivity contribution in [3.8, 4) is 0 Å². The summed E-state index contributed by atoms with van der Waals surface area (Å²) < 4.78 is 0. The predicted octanol–water partition coefficient (Wildman–Crippen LogP) is 1.52. The lowest BCUT2D eigenvalue weighted by atomic mass is 10.5. The summed E-state index contributed by atoms with van der Waals surface area (Å²) in [6.45, 7) is 0.764. The number of thioether (sulfide) groups is 1. The molecule has 0 unspecified atom stereocenters. The Balaban J connectivity index is 2.28. The second-order valence-corrected chi connectivity index (χ2v) is 3.27. The largest absolute Gasteiger partial charge is 0.330 e. The third kappa shape index (κ3) is 3.39. The first kappa shape index (κ1) is 8.56. The van der Waals surface area contributed by atoms with E-state index in [1.165, 1.54) is 0 Å². The minimum atomic E-state index is 0.764. The van der Waals surface area contributed by atoms with Gasteiger partial charge in [0.25, 0.3) is 0 Å². The molecule has 1 aromatic heterocycles. The predicted molar refractivity (Wildman–Crippen MR) is 48.6 cm³/mol. The van der Waals surface area contributed by atoms with Crippen molar-refractivity contribution >= 4 is 11.8 Å². The van der Waals surface area contributed by atoms with Gasteiger partial charge in [0.05, 0.1) is 5.03 Å². The van der Waals surface area contributed by atoms with E-state index in [1.807, 2.05) is 24.4 Å². The summed E-state index contributed by atoms with van der Waals surface area (Å²) in [6, 6.07) is 5.94. The average molecular weight is 168 g/mol. The third-order valence-corrected chi connectivity index (χ3v) is 2.27. The van der Waals surface area contributed by atoms with Crippen LogP contribution in [0.1, 0.15) is 6.42 Å². The monoisotopic (exact) mass is 168 g/mol. The fourth-order valence-corrected chi connectivity index (χ4v) is 1.52. The van der Waals surface area contributed by atoms with Crippen LogP contribution in [0.5, 0.6) is 0 Å². The molecule has 0 saturated carbocycles. The van der Waals surface area contributed by atoms with E-state index in [9.17, 15) is 0 Å². The van der Waals surface area contributed by atoms with Gasteiger partial charge in [0.15, 0.2) is 0 Å². The molecule has 0 radical (unpaired) electrons. The van der Waals surface area contributed by atoms with Crippen LogP contribution in [0, 0.1) is 0 Å². The van der Waals surface area contributed by atoms with Crippen molar-refractivity contribution < 1.29 is 0 Å². The number of pyridine rings is 1. The van der Waals surface area contributed by atoms with E-state index >= 15 is 0 Å². The third-order valence-electron chi connectivity index (χ3n) is 1.24. The number of rotatable bonds is 4. The van der Waals surface area contributed by atoms with Crippen molar-refractivity contribution in [2.24, 2.45) is 5.73 Å². The van der Waals surface area contributed by atoms with Gasteiger partial charge in [-0.1, -0.05) is 6.07 Å². The number of hydrogen-bond donors (Lipinski definition) is 1. The van der Waals surface area contributed by atoms with Gasteiger partial charge >= 0.3 is 0 Å². The van der Waals surface area contributed by atoms with Crippen LogP contribution in [0.4, 0.5) is 0 Å². The van der Waals surface area contributed by atoms with E-state index in [1.54, 1.807) is 11.8 Å². The summed E-state index contributed by atoms with van der Waals surface area (Å²) in [4.78, 5) is 4.17. The lowest BCUT2D eigenvalue weighted by Gasteiger charge is -1.96. The van der Waals surface area contributed by atoms with Gasteiger partial charge in [0.2, 0.25) is 0 Å². The van der Waals surface area contributed by atoms with E-state index in [0.717, 1.165) is 23.7 Å². The summed E-state index contributed by atoms with van der Waals surface area (Å²) in [5.41, 5.74) is 5.36. The Hall–Kier alpha value is -0.540. The Kier molecular flexibility index (Phi) is 4.01. The number of aromatic nitrogens is 1. The lowest BCUT2D eigenvalue weighted by molar-refractivity contribution is 0.940. The molecule has 0 amide bonds. The van der Waals surface area contributed by atoms with Gasteiger partial charge in [0, 0.05) is 11.9 Å². The second-order valence-electron chi connectivity index (χ2n) is 2.16. The van der Waals surface area contributed by atoms with Crippen molar-refractivity contribution in [3.63, 3.8) is 0 Å². The molecule has 0 aliphatic rings. The Morgan fingerprint density at radius 2 is 2.36 bits per heavy atom. The molecule has 0 fully saturated rings. The molecule has 0 spiro atoms. The highest BCUT2D eigenvalue weighted by atomic mass is 32.2. The van der Waals surface area contributed by atoms with Crippen molar-refractivity contribution in [3.05, 3.63) is 24.4 Å². The number of nitrogens with two attached hydrogens (primary N) is 1. The summed E-state index contributed by atoms with van der Waals surface area (Å²) >= 11 is 1.75. The van der Waals surface area contributed by atoms with Gasteiger partial charge in [-0.3, -0.25) is 0 Å². The highest BCUT2D eigenvalue weighted by molar-refractivity contribution is 7.99. The second kappa shape index (κ2) is 5.16. The molecule has 1 aromatic rings. The van der Waals surface area contributed by atoms with Crippen LogP contribution < -0.4 is 5.73 Å². The maximum absolute atomic E-state index is 5.36. The molecule has 2 N–H and O–H groups in total. The zero-order chi connectivity index (χ0) is 7.94. The Morgan fingerprint density at radius 1 is 1.45 bits per heavy atom.